The van der Waals surface area contributed by atoms with E-state index in [1.807, 2.05) is 42.5 Å². The Hall–Kier alpha value is -4.46. The lowest BCUT2D eigenvalue weighted by Crippen LogP contribution is -2.35. The second-order valence-electron chi connectivity index (χ2n) is 7.60. The molecule has 4 aromatic rings. The van der Waals surface area contributed by atoms with Crippen LogP contribution in [0.15, 0.2) is 89.5 Å². The lowest BCUT2D eigenvalue weighted by atomic mass is 9.88. The fraction of sp³-hybridized carbons (Fsp3) is 0.154. The van der Waals surface area contributed by atoms with E-state index in [4.69, 9.17) is 9.15 Å². The molecule has 172 valence electrons. The van der Waals surface area contributed by atoms with Gasteiger partial charge < -0.3 is 14.5 Å². The van der Waals surface area contributed by atoms with E-state index in [1.54, 1.807) is 13.0 Å². The molecule has 0 radical (unpaired) electrons. The zero-order valence-electron chi connectivity index (χ0n) is 18.3. The molecular weight excluding hydrogens is 436 g/mol. The number of nitrogens with zero attached hydrogens (tertiary/aromatic N) is 1. The molecule has 2 unspecified atom stereocenters. The van der Waals surface area contributed by atoms with E-state index in [2.05, 4.69) is 5.32 Å². The number of rotatable bonds is 9. The molecule has 0 saturated carbocycles. The SMILES string of the molecule is CCOC(=O)C(C(=O)c1ccco1)C(Nc1ccc2ccccc2c1)c1ccc([N+](=O)[O-])cc1. The zero-order valence-corrected chi connectivity index (χ0v) is 18.3. The van der Waals surface area contributed by atoms with Crippen molar-refractivity contribution in [2.75, 3.05) is 11.9 Å². The number of fused-ring (bicyclic) bond motifs is 1. The maximum atomic E-state index is 13.4. The molecule has 0 amide bonds. The summed E-state index contributed by atoms with van der Waals surface area (Å²) in [5, 5.41) is 16.4. The Bertz CT molecular complexity index is 1310. The van der Waals surface area contributed by atoms with Crippen LogP contribution in [0.3, 0.4) is 0 Å². The third-order valence-corrected chi connectivity index (χ3v) is 5.46. The first-order chi connectivity index (χ1) is 16.5. The van der Waals surface area contributed by atoms with E-state index >= 15 is 0 Å². The fourth-order valence-corrected chi connectivity index (χ4v) is 3.82. The minimum atomic E-state index is -1.29. The molecule has 2 atom stereocenters. The molecule has 4 rings (SSSR count). The fourth-order valence-electron chi connectivity index (χ4n) is 3.82. The van der Waals surface area contributed by atoms with E-state index in [0.29, 0.717) is 11.3 Å². The summed E-state index contributed by atoms with van der Waals surface area (Å²) >= 11 is 0. The average Bonchev–Trinajstić information content (AvgIpc) is 3.39. The van der Waals surface area contributed by atoms with Crippen LogP contribution in [0.25, 0.3) is 10.8 Å². The Morgan fingerprint density at radius 3 is 2.38 bits per heavy atom. The predicted molar refractivity (Wildman–Crippen MR) is 127 cm³/mol. The molecule has 0 aliphatic carbocycles. The van der Waals surface area contributed by atoms with Gasteiger partial charge in [0.1, 0.15) is 5.92 Å². The van der Waals surface area contributed by atoms with Crippen molar-refractivity contribution in [1.29, 1.82) is 0 Å². The van der Waals surface area contributed by atoms with Gasteiger partial charge in [0.25, 0.3) is 5.69 Å². The van der Waals surface area contributed by atoms with Gasteiger partial charge in [0.15, 0.2) is 5.76 Å². The molecule has 0 fully saturated rings. The summed E-state index contributed by atoms with van der Waals surface area (Å²) in [5.74, 6) is -2.55. The Kier molecular flexibility index (Phi) is 6.68. The number of hydrogen-bond donors (Lipinski definition) is 1. The van der Waals surface area contributed by atoms with Crippen LogP contribution >= 0.6 is 0 Å². The van der Waals surface area contributed by atoms with Gasteiger partial charge in [-0.2, -0.15) is 0 Å². The first-order valence-corrected chi connectivity index (χ1v) is 10.7. The lowest BCUT2D eigenvalue weighted by molar-refractivity contribution is -0.384. The van der Waals surface area contributed by atoms with Crippen molar-refractivity contribution >= 4 is 33.9 Å². The number of furan rings is 1. The number of anilines is 1. The summed E-state index contributed by atoms with van der Waals surface area (Å²) in [4.78, 5) is 37.0. The number of Topliss-reactive ketones (excluding diaryl/α,β-unsaturated/α-hetero) is 1. The number of nitro benzene ring substituents is 1. The van der Waals surface area contributed by atoms with Crippen LogP contribution in [-0.2, 0) is 9.53 Å². The van der Waals surface area contributed by atoms with Crippen molar-refractivity contribution in [2.45, 2.75) is 13.0 Å². The number of hydrogen-bond acceptors (Lipinski definition) is 7. The van der Waals surface area contributed by atoms with E-state index in [1.165, 1.54) is 36.6 Å². The van der Waals surface area contributed by atoms with Crippen LogP contribution in [0.4, 0.5) is 11.4 Å². The number of carbonyl (C=O) groups excluding carboxylic acids is 2. The molecule has 1 heterocycles. The van der Waals surface area contributed by atoms with Crippen LogP contribution < -0.4 is 5.32 Å². The van der Waals surface area contributed by atoms with E-state index in [-0.39, 0.29) is 18.1 Å². The maximum absolute atomic E-state index is 13.4. The number of ether oxygens (including phenoxy) is 1. The summed E-state index contributed by atoms with van der Waals surface area (Å²) in [6.45, 7) is 1.74. The number of nitro groups is 1. The van der Waals surface area contributed by atoms with E-state index in [9.17, 15) is 19.7 Å². The van der Waals surface area contributed by atoms with Gasteiger partial charge in [0.05, 0.1) is 23.8 Å². The molecule has 1 N–H and O–H groups in total. The number of nitrogens with one attached hydrogen (secondary N) is 1. The molecule has 0 aliphatic rings. The molecular formula is C26H22N2O6. The summed E-state index contributed by atoms with van der Waals surface area (Å²) in [6.07, 6.45) is 1.35. The van der Waals surface area contributed by atoms with Crippen molar-refractivity contribution < 1.29 is 23.7 Å². The maximum Gasteiger partial charge on any atom is 0.319 e. The van der Waals surface area contributed by atoms with Crippen LogP contribution in [0, 0.1) is 16.0 Å². The second kappa shape index (κ2) is 9.99. The van der Waals surface area contributed by atoms with Gasteiger partial charge in [0.2, 0.25) is 5.78 Å². The number of carbonyl (C=O) groups is 2. The Morgan fingerprint density at radius 2 is 1.74 bits per heavy atom. The number of ketones is 1. The number of esters is 1. The first kappa shape index (κ1) is 22.7. The zero-order chi connectivity index (χ0) is 24.1. The Balaban J connectivity index is 1.80. The van der Waals surface area contributed by atoms with Gasteiger partial charge in [-0.25, -0.2) is 0 Å². The monoisotopic (exact) mass is 458 g/mol. The highest BCUT2D eigenvalue weighted by molar-refractivity contribution is 6.08. The highest BCUT2D eigenvalue weighted by Gasteiger charge is 2.39. The molecule has 34 heavy (non-hydrogen) atoms. The predicted octanol–water partition coefficient (Wildman–Crippen LogP) is 5.56. The van der Waals surface area contributed by atoms with Crippen molar-refractivity contribution in [3.8, 4) is 0 Å². The van der Waals surface area contributed by atoms with Crippen molar-refractivity contribution in [3.63, 3.8) is 0 Å². The third-order valence-electron chi connectivity index (χ3n) is 5.46. The highest BCUT2D eigenvalue weighted by atomic mass is 16.6. The van der Waals surface area contributed by atoms with Gasteiger partial charge in [-0.3, -0.25) is 19.7 Å². The molecule has 0 spiro atoms. The Morgan fingerprint density at radius 1 is 1.00 bits per heavy atom. The van der Waals surface area contributed by atoms with Crippen molar-refractivity contribution in [2.24, 2.45) is 5.92 Å². The summed E-state index contributed by atoms with van der Waals surface area (Å²) in [6, 6.07) is 21.4. The Labute approximate surface area is 195 Å². The molecule has 8 nitrogen and oxygen atoms in total. The second-order valence-corrected chi connectivity index (χ2v) is 7.60. The molecule has 8 heteroatoms. The van der Waals surface area contributed by atoms with Gasteiger partial charge >= 0.3 is 5.97 Å². The minimum Gasteiger partial charge on any atom is -0.465 e. The normalized spacial score (nSPS) is 12.6. The molecule has 0 bridgehead atoms. The molecule has 0 saturated heterocycles. The summed E-state index contributed by atoms with van der Waals surface area (Å²) < 4.78 is 10.5. The number of non-ortho nitro benzene ring substituents is 1. The molecule has 1 aromatic heterocycles. The van der Waals surface area contributed by atoms with E-state index in [0.717, 1.165) is 10.8 Å². The largest absolute Gasteiger partial charge is 0.465 e. The van der Waals surface area contributed by atoms with Crippen molar-refractivity contribution in [3.05, 3.63) is 107 Å². The molecule has 0 aliphatic heterocycles. The van der Waals surface area contributed by atoms with Crippen LogP contribution in [-0.4, -0.2) is 23.3 Å². The van der Waals surface area contributed by atoms with Crippen LogP contribution in [0.1, 0.15) is 29.1 Å². The van der Waals surface area contributed by atoms with Gasteiger partial charge in [0, 0.05) is 17.8 Å². The topological polar surface area (TPSA) is 112 Å². The van der Waals surface area contributed by atoms with Crippen LogP contribution in [0.2, 0.25) is 0 Å². The van der Waals surface area contributed by atoms with Crippen LogP contribution in [0.5, 0.6) is 0 Å². The minimum absolute atomic E-state index is 0.0188. The van der Waals surface area contributed by atoms with E-state index < -0.39 is 28.6 Å². The van der Waals surface area contributed by atoms with Gasteiger partial charge in [-0.05, 0) is 47.5 Å². The van der Waals surface area contributed by atoms with Crippen molar-refractivity contribution in [1.82, 2.24) is 0 Å². The van der Waals surface area contributed by atoms with Gasteiger partial charge in [-0.1, -0.05) is 42.5 Å². The van der Waals surface area contributed by atoms with Gasteiger partial charge in [-0.15, -0.1) is 0 Å². The number of benzene rings is 3. The quantitative estimate of drug-likeness (QED) is 0.115. The standard InChI is InChI=1S/C26H22N2O6/c1-2-33-26(30)23(25(29)22-8-5-15-34-22)24(18-10-13-21(14-11-18)28(31)32)27-20-12-9-17-6-3-4-7-19(17)16-20/h3-16,23-24,27H,2H2,1H3. The highest BCUT2D eigenvalue weighted by Crippen LogP contribution is 2.33. The summed E-state index contributed by atoms with van der Waals surface area (Å²) in [7, 11) is 0. The summed E-state index contributed by atoms with van der Waals surface area (Å²) in [5.41, 5.74) is 1.08. The third kappa shape index (κ3) is 4.80. The lowest BCUT2D eigenvalue weighted by Gasteiger charge is -2.27. The molecule has 3 aromatic carbocycles. The smallest absolute Gasteiger partial charge is 0.319 e. The average molecular weight is 458 g/mol. The first-order valence-electron chi connectivity index (χ1n) is 10.7.